The molecule has 0 aromatic carbocycles. The molecule has 3 nitrogen and oxygen atoms in total. The maximum atomic E-state index is 5.58. The minimum Gasteiger partial charge on any atom is -0.330 e. The number of aromatic nitrogens is 2. The first-order valence-electron chi connectivity index (χ1n) is 5.01. The lowest BCUT2D eigenvalue weighted by atomic mass is 10.2. The Morgan fingerprint density at radius 2 is 2.29 bits per heavy atom. The van der Waals surface area contributed by atoms with Gasteiger partial charge < -0.3 is 10.1 Å². The number of imidazole rings is 1. The monoisotopic (exact) mass is 189 g/mol. The van der Waals surface area contributed by atoms with E-state index < -0.39 is 0 Å². The third-order valence-corrected chi connectivity index (χ3v) is 2.42. The van der Waals surface area contributed by atoms with Gasteiger partial charge in [-0.1, -0.05) is 13.0 Å². The summed E-state index contributed by atoms with van der Waals surface area (Å²) in [4.78, 5) is 4.38. The predicted molar refractivity (Wildman–Crippen MR) is 57.3 cm³/mol. The number of nitrogens with zero attached hydrogens (tertiary/aromatic N) is 2. The van der Waals surface area contributed by atoms with E-state index >= 15 is 0 Å². The summed E-state index contributed by atoms with van der Waals surface area (Å²) >= 11 is 0. The number of fused-ring (bicyclic) bond motifs is 1. The van der Waals surface area contributed by atoms with E-state index in [0.29, 0.717) is 6.54 Å². The second kappa shape index (κ2) is 3.80. The summed E-state index contributed by atoms with van der Waals surface area (Å²) in [6.07, 6.45) is 3.77. The molecule has 0 saturated heterocycles. The van der Waals surface area contributed by atoms with Crippen molar-refractivity contribution >= 4 is 5.52 Å². The van der Waals surface area contributed by atoms with Gasteiger partial charge in [0.1, 0.15) is 5.82 Å². The molecule has 3 heteroatoms. The summed E-state index contributed by atoms with van der Waals surface area (Å²) in [5.41, 5.74) is 7.99. The summed E-state index contributed by atoms with van der Waals surface area (Å²) < 4.78 is 2.20. The molecular weight excluding hydrogens is 174 g/mol. The molecule has 2 N–H and O–H groups in total. The van der Waals surface area contributed by atoms with Crippen molar-refractivity contribution in [2.24, 2.45) is 5.73 Å². The molecule has 2 aromatic rings. The fourth-order valence-corrected chi connectivity index (χ4v) is 1.78. The van der Waals surface area contributed by atoms with Crippen LogP contribution in [-0.2, 0) is 12.8 Å². The van der Waals surface area contributed by atoms with Crippen molar-refractivity contribution in [2.45, 2.75) is 19.8 Å². The lowest BCUT2D eigenvalue weighted by Crippen LogP contribution is -2.08. The van der Waals surface area contributed by atoms with Crippen LogP contribution in [0.1, 0.15) is 18.4 Å². The highest BCUT2D eigenvalue weighted by Crippen LogP contribution is 2.11. The van der Waals surface area contributed by atoms with Crippen LogP contribution in [0, 0.1) is 0 Å². The van der Waals surface area contributed by atoms with Gasteiger partial charge in [-0.3, -0.25) is 0 Å². The fourth-order valence-electron chi connectivity index (χ4n) is 1.78. The number of aryl methyl sites for hydroxylation is 1. The SMILES string of the molecule is CCc1ncc2cccc(CCN)n12. The van der Waals surface area contributed by atoms with E-state index in [0.717, 1.165) is 24.2 Å². The van der Waals surface area contributed by atoms with Gasteiger partial charge in [0, 0.05) is 18.5 Å². The smallest absolute Gasteiger partial charge is 0.113 e. The Morgan fingerprint density at radius 3 is 3.00 bits per heavy atom. The van der Waals surface area contributed by atoms with E-state index in [1.165, 1.54) is 5.69 Å². The van der Waals surface area contributed by atoms with E-state index in [2.05, 4.69) is 34.5 Å². The van der Waals surface area contributed by atoms with Gasteiger partial charge in [-0.2, -0.15) is 0 Å². The topological polar surface area (TPSA) is 43.3 Å². The van der Waals surface area contributed by atoms with Crippen molar-refractivity contribution in [3.05, 3.63) is 35.9 Å². The number of nitrogens with two attached hydrogens (primary N) is 1. The maximum absolute atomic E-state index is 5.58. The van der Waals surface area contributed by atoms with Crippen LogP contribution in [0.3, 0.4) is 0 Å². The molecule has 0 aliphatic rings. The summed E-state index contributed by atoms with van der Waals surface area (Å²) in [7, 11) is 0. The molecule has 2 heterocycles. The van der Waals surface area contributed by atoms with Crippen LogP contribution in [0.5, 0.6) is 0 Å². The zero-order chi connectivity index (χ0) is 9.97. The zero-order valence-corrected chi connectivity index (χ0v) is 8.40. The van der Waals surface area contributed by atoms with Crippen LogP contribution in [0.4, 0.5) is 0 Å². The van der Waals surface area contributed by atoms with Gasteiger partial charge in [-0.05, 0) is 18.7 Å². The molecule has 0 saturated carbocycles. The molecule has 14 heavy (non-hydrogen) atoms. The molecule has 0 aliphatic heterocycles. The molecule has 74 valence electrons. The second-order valence-corrected chi connectivity index (χ2v) is 3.34. The van der Waals surface area contributed by atoms with Gasteiger partial charge in [-0.15, -0.1) is 0 Å². The Hall–Kier alpha value is -1.35. The Morgan fingerprint density at radius 1 is 1.43 bits per heavy atom. The lowest BCUT2D eigenvalue weighted by Gasteiger charge is -2.06. The third kappa shape index (κ3) is 1.40. The van der Waals surface area contributed by atoms with Crippen molar-refractivity contribution in [3.63, 3.8) is 0 Å². The number of rotatable bonds is 3. The molecule has 0 radical (unpaired) electrons. The van der Waals surface area contributed by atoms with Crippen LogP contribution in [0.2, 0.25) is 0 Å². The van der Waals surface area contributed by atoms with Crippen molar-refractivity contribution in [3.8, 4) is 0 Å². The van der Waals surface area contributed by atoms with Crippen LogP contribution in [0.25, 0.3) is 5.52 Å². The van der Waals surface area contributed by atoms with Gasteiger partial charge in [0.15, 0.2) is 0 Å². The second-order valence-electron chi connectivity index (χ2n) is 3.34. The highest BCUT2D eigenvalue weighted by atomic mass is 15.0. The molecule has 2 aromatic heterocycles. The normalized spacial score (nSPS) is 11.0. The summed E-state index contributed by atoms with van der Waals surface area (Å²) in [6.45, 7) is 2.80. The first-order chi connectivity index (χ1) is 6.86. The Bertz CT molecular complexity index is 431. The minimum atomic E-state index is 0.681. The molecule has 0 amide bonds. The molecule has 0 unspecified atom stereocenters. The van der Waals surface area contributed by atoms with Crippen molar-refractivity contribution in [2.75, 3.05) is 6.54 Å². The van der Waals surface area contributed by atoms with Crippen LogP contribution < -0.4 is 5.73 Å². The lowest BCUT2D eigenvalue weighted by molar-refractivity contribution is 0.843. The minimum absolute atomic E-state index is 0.681. The van der Waals surface area contributed by atoms with Gasteiger partial charge in [0.2, 0.25) is 0 Å². The average Bonchev–Trinajstić information content (AvgIpc) is 2.62. The molecular formula is C11H15N3. The van der Waals surface area contributed by atoms with E-state index in [4.69, 9.17) is 5.73 Å². The molecule has 0 aliphatic carbocycles. The predicted octanol–water partition coefficient (Wildman–Crippen LogP) is 1.40. The van der Waals surface area contributed by atoms with E-state index in [9.17, 15) is 0 Å². The quantitative estimate of drug-likeness (QED) is 0.793. The maximum Gasteiger partial charge on any atom is 0.113 e. The Balaban J connectivity index is 2.62. The number of hydrogen-bond donors (Lipinski definition) is 1. The third-order valence-electron chi connectivity index (χ3n) is 2.42. The molecule has 2 rings (SSSR count). The van der Waals surface area contributed by atoms with Crippen LogP contribution in [-0.4, -0.2) is 15.9 Å². The van der Waals surface area contributed by atoms with Crippen molar-refractivity contribution < 1.29 is 0 Å². The summed E-state index contributed by atoms with van der Waals surface area (Å²) in [6, 6.07) is 6.24. The molecule has 0 fully saturated rings. The first-order valence-corrected chi connectivity index (χ1v) is 5.01. The van der Waals surface area contributed by atoms with Gasteiger partial charge >= 0.3 is 0 Å². The first kappa shape index (κ1) is 9.21. The number of hydrogen-bond acceptors (Lipinski definition) is 2. The Kier molecular flexibility index (Phi) is 2.50. The van der Waals surface area contributed by atoms with Crippen LogP contribution in [0.15, 0.2) is 24.4 Å². The Labute approximate surface area is 83.6 Å². The van der Waals surface area contributed by atoms with Gasteiger partial charge in [0.05, 0.1) is 11.7 Å². The van der Waals surface area contributed by atoms with Gasteiger partial charge in [-0.25, -0.2) is 4.98 Å². The largest absolute Gasteiger partial charge is 0.330 e. The average molecular weight is 189 g/mol. The van der Waals surface area contributed by atoms with Crippen LogP contribution >= 0.6 is 0 Å². The van der Waals surface area contributed by atoms with E-state index in [-0.39, 0.29) is 0 Å². The molecule has 0 spiro atoms. The fraction of sp³-hybridized carbons (Fsp3) is 0.364. The molecule has 0 atom stereocenters. The van der Waals surface area contributed by atoms with Crippen molar-refractivity contribution in [1.82, 2.24) is 9.38 Å². The standard InChI is InChI=1S/C11H15N3/c1-2-11-13-8-10-5-3-4-9(6-7-12)14(10)11/h3-5,8H,2,6-7,12H2,1H3. The van der Waals surface area contributed by atoms with Gasteiger partial charge in [0.25, 0.3) is 0 Å². The summed E-state index contributed by atoms with van der Waals surface area (Å²) in [5, 5.41) is 0. The number of pyridine rings is 1. The van der Waals surface area contributed by atoms with E-state index in [1.54, 1.807) is 0 Å². The highest BCUT2D eigenvalue weighted by molar-refractivity contribution is 5.47. The van der Waals surface area contributed by atoms with E-state index in [1.807, 2.05) is 6.20 Å². The zero-order valence-electron chi connectivity index (χ0n) is 8.40. The van der Waals surface area contributed by atoms with Crippen molar-refractivity contribution in [1.29, 1.82) is 0 Å². The molecule has 0 bridgehead atoms. The summed E-state index contributed by atoms with van der Waals surface area (Å²) in [5.74, 6) is 1.11. The highest BCUT2D eigenvalue weighted by Gasteiger charge is 2.04.